The second-order valence-electron chi connectivity index (χ2n) is 9.93. The highest BCUT2D eigenvalue weighted by molar-refractivity contribution is 6.01. The van der Waals surface area contributed by atoms with Gasteiger partial charge in [0.1, 0.15) is 11.5 Å². The SMILES string of the molecule is Cc1cc(C)n2nc(CC3C(=O)CC(CCc4ccc(O)c(F)c4)(C4CCCC4)OC3=O)nc2n1. The van der Waals surface area contributed by atoms with Crippen LogP contribution in [0, 0.1) is 31.5 Å². The van der Waals surface area contributed by atoms with E-state index < -0.39 is 29.1 Å². The quantitative estimate of drug-likeness (QED) is 0.422. The molecule has 0 radical (unpaired) electrons. The monoisotopic (exact) mass is 480 g/mol. The average Bonchev–Trinajstić information content (AvgIpc) is 3.48. The average molecular weight is 481 g/mol. The number of hydrogen-bond donors (Lipinski definition) is 1. The lowest BCUT2D eigenvalue weighted by molar-refractivity contribution is -0.185. The molecule has 0 spiro atoms. The molecule has 8 nitrogen and oxygen atoms in total. The number of aromatic hydroxyl groups is 1. The lowest BCUT2D eigenvalue weighted by Crippen LogP contribution is -2.52. The van der Waals surface area contributed by atoms with Gasteiger partial charge in [-0.1, -0.05) is 18.9 Å². The Morgan fingerprint density at radius 3 is 2.66 bits per heavy atom. The first-order chi connectivity index (χ1) is 16.7. The van der Waals surface area contributed by atoms with Crippen molar-refractivity contribution >= 4 is 17.5 Å². The minimum Gasteiger partial charge on any atom is -0.505 e. The van der Waals surface area contributed by atoms with E-state index in [2.05, 4.69) is 15.1 Å². The van der Waals surface area contributed by atoms with E-state index in [1.807, 2.05) is 19.9 Å². The largest absolute Gasteiger partial charge is 0.505 e. The minimum absolute atomic E-state index is 0.0729. The summed E-state index contributed by atoms with van der Waals surface area (Å²) in [5, 5.41) is 13.9. The molecule has 1 aliphatic heterocycles. The Labute approximate surface area is 202 Å². The summed E-state index contributed by atoms with van der Waals surface area (Å²) in [5.41, 5.74) is 1.49. The zero-order valence-corrected chi connectivity index (χ0v) is 20.0. The highest BCUT2D eigenvalue weighted by atomic mass is 19.1. The number of cyclic esters (lactones) is 1. The van der Waals surface area contributed by atoms with Crippen LogP contribution in [0.3, 0.4) is 0 Å². The van der Waals surface area contributed by atoms with E-state index in [9.17, 15) is 19.1 Å². The van der Waals surface area contributed by atoms with Crippen molar-refractivity contribution in [3.05, 3.63) is 52.9 Å². The van der Waals surface area contributed by atoms with Crippen molar-refractivity contribution in [1.29, 1.82) is 0 Å². The fraction of sp³-hybridized carbons (Fsp3) is 0.500. The summed E-state index contributed by atoms with van der Waals surface area (Å²) in [5.74, 6) is -1.81. The van der Waals surface area contributed by atoms with Crippen LogP contribution in [0.25, 0.3) is 5.78 Å². The van der Waals surface area contributed by atoms with E-state index in [4.69, 9.17) is 4.74 Å². The number of benzene rings is 1. The Morgan fingerprint density at radius 2 is 1.94 bits per heavy atom. The molecular formula is C26H29FN4O4. The van der Waals surface area contributed by atoms with E-state index in [0.717, 1.165) is 37.1 Å². The number of phenolic OH excluding ortho intramolecular Hbond substituents is 1. The van der Waals surface area contributed by atoms with Gasteiger partial charge < -0.3 is 9.84 Å². The van der Waals surface area contributed by atoms with Crippen molar-refractivity contribution in [2.24, 2.45) is 11.8 Å². The number of ether oxygens (including phenoxy) is 1. The number of aromatic nitrogens is 4. The van der Waals surface area contributed by atoms with E-state index in [1.165, 1.54) is 12.1 Å². The van der Waals surface area contributed by atoms with Gasteiger partial charge in [-0.2, -0.15) is 4.98 Å². The van der Waals surface area contributed by atoms with Crippen LogP contribution in [0.5, 0.6) is 5.75 Å². The van der Waals surface area contributed by atoms with Gasteiger partial charge in [-0.05, 0) is 69.2 Å². The van der Waals surface area contributed by atoms with Gasteiger partial charge in [0.15, 0.2) is 23.2 Å². The Hall–Kier alpha value is -3.36. The fourth-order valence-corrected chi connectivity index (χ4v) is 5.62. The number of aryl methyl sites for hydroxylation is 3. The number of hydrogen-bond acceptors (Lipinski definition) is 7. The van der Waals surface area contributed by atoms with E-state index in [1.54, 1.807) is 10.6 Å². The molecule has 35 heavy (non-hydrogen) atoms. The molecule has 1 aromatic carbocycles. The molecule has 5 rings (SSSR count). The number of nitrogens with zero attached hydrogens (tertiary/aromatic N) is 4. The van der Waals surface area contributed by atoms with Crippen molar-refractivity contribution in [1.82, 2.24) is 19.6 Å². The molecule has 3 heterocycles. The molecule has 2 aromatic heterocycles. The molecule has 1 aliphatic carbocycles. The smallest absolute Gasteiger partial charge is 0.317 e. The number of halogens is 1. The highest BCUT2D eigenvalue weighted by Gasteiger charge is 2.51. The fourth-order valence-electron chi connectivity index (χ4n) is 5.62. The minimum atomic E-state index is -0.950. The number of ketones is 1. The maximum atomic E-state index is 13.8. The van der Waals surface area contributed by atoms with Crippen LogP contribution >= 0.6 is 0 Å². The normalized spacial score (nSPS) is 23.2. The number of rotatable bonds is 6. The third kappa shape index (κ3) is 4.51. The number of fused-ring (bicyclic) bond motifs is 1. The van der Waals surface area contributed by atoms with Crippen LogP contribution in [0.1, 0.15) is 61.3 Å². The standard InChI is InChI=1S/C26H29FN4O4/c1-15-11-16(2)31-25(28-15)29-23(30-31)13-19-22(33)14-26(35-24(19)34,18-5-3-4-6-18)10-9-17-7-8-21(32)20(27)12-17/h7-8,11-12,18-19,32H,3-6,9-10,13-14H2,1-2H3. The van der Waals surface area contributed by atoms with Crippen LogP contribution < -0.4 is 0 Å². The second-order valence-corrected chi connectivity index (χ2v) is 9.93. The van der Waals surface area contributed by atoms with Crippen molar-refractivity contribution < 1.29 is 23.8 Å². The van der Waals surface area contributed by atoms with Crippen molar-refractivity contribution in [2.75, 3.05) is 0 Å². The molecule has 2 atom stereocenters. The number of Topliss-reactive ketones (excluding diaryl/α,β-unsaturated/α-hetero) is 1. The molecule has 2 fully saturated rings. The van der Waals surface area contributed by atoms with Crippen LogP contribution in [-0.2, 0) is 27.2 Å². The first-order valence-corrected chi connectivity index (χ1v) is 12.2. The summed E-state index contributed by atoms with van der Waals surface area (Å²) in [6, 6.07) is 6.16. The van der Waals surface area contributed by atoms with Crippen LogP contribution in [0.4, 0.5) is 4.39 Å². The Kier molecular flexibility index (Phi) is 6.02. The van der Waals surface area contributed by atoms with Gasteiger partial charge >= 0.3 is 5.97 Å². The first-order valence-electron chi connectivity index (χ1n) is 12.2. The molecule has 1 N–H and O–H groups in total. The molecule has 1 saturated carbocycles. The molecular weight excluding hydrogens is 451 g/mol. The van der Waals surface area contributed by atoms with Gasteiger partial charge in [0.25, 0.3) is 5.78 Å². The van der Waals surface area contributed by atoms with Crippen LogP contribution in [-0.4, -0.2) is 42.0 Å². The van der Waals surface area contributed by atoms with Gasteiger partial charge in [0, 0.05) is 24.2 Å². The van der Waals surface area contributed by atoms with Gasteiger partial charge in [-0.3, -0.25) is 9.59 Å². The number of carbonyl (C=O) groups is 2. The summed E-state index contributed by atoms with van der Waals surface area (Å²) >= 11 is 0. The lowest BCUT2D eigenvalue weighted by atomic mass is 9.73. The zero-order chi connectivity index (χ0) is 24.7. The summed E-state index contributed by atoms with van der Waals surface area (Å²) in [4.78, 5) is 35.4. The predicted octanol–water partition coefficient (Wildman–Crippen LogP) is 3.82. The third-order valence-corrected chi connectivity index (χ3v) is 7.45. The third-order valence-electron chi connectivity index (χ3n) is 7.45. The molecule has 0 amide bonds. The topological polar surface area (TPSA) is 107 Å². The summed E-state index contributed by atoms with van der Waals surface area (Å²) in [7, 11) is 0. The van der Waals surface area contributed by atoms with E-state index in [-0.39, 0.29) is 24.5 Å². The Bertz CT molecular complexity index is 1280. The molecule has 184 valence electrons. The number of phenols is 1. The van der Waals surface area contributed by atoms with Crippen molar-refractivity contribution in [3.63, 3.8) is 0 Å². The van der Waals surface area contributed by atoms with Crippen molar-refractivity contribution in [2.45, 2.75) is 70.8 Å². The number of carbonyl (C=O) groups excluding carboxylic acids is 2. The van der Waals surface area contributed by atoms with Crippen LogP contribution in [0.15, 0.2) is 24.3 Å². The maximum absolute atomic E-state index is 13.8. The van der Waals surface area contributed by atoms with Gasteiger partial charge in [0.2, 0.25) is 0 Å². The zero-order valence-electron chi connectivity index (χ0n) is 20.0. The maximum Gasteiger partial charge on any atom is 0.317 e. The van der Waals surface area contributed by atoms with E-state index >= 15 is 0 Å². The summed E-state index contributed by atoms with van der Waals surface area (Å²) in [6.07, 6.45) is 4.94. The molecule has 1 saturated heterocycles. The van der Waals surface area contributed by atoms with Gasteiger partial charge in [-0.25, -0.2) is 13.9 Å². The van der Waals surface area contributed by atoms with Gasteiger partial charge in [-0.15, -0.1) is 5.10 Å². The Morgan fingerprint density at radius 1 is 1.17 bits per heavy atom. The predicted molar refractivity (Wildman–Crippen MR) is 124 cm³/mol. The first kappa shape index (κ1) is 23.4. The summed E-state index contributed by atoms with van der Waals surface area (Å²) < 4.78 is 21.6. The number of esters is 1. The summed E-state index contributed by atoms with van der Waals surface area (Å²) in [6.45, 7) is 3.77. The molecule has 9 heteroatoms. The molecule has 2 unspecified atom stereocenters. The Balaban J connectivity index is 1.36. The highest BCUT2D eigenvalue weighted by Crippen LogP contribution is 2.45. The second kappa shape index (κ2) is 9.02. The molecule has 0 bridgehead atoms. The molecule has 3 aromatic rings. The van der Waals surface area contributed by atoms with E-state index in [0.29, 0.717) is 30.0 Å². The van der Waals surface area contributed by atoms with Crippen LogP contribution in [0.2, 0.25) is 0 Å². The van der Waals surface area contributed by atoms with Crippen molar-refractivity contribution in [3.8, 4) is 5.75 Å². The van der Waals surface area contributed by atoms with Gasteiger partial charge in [0.05, 0.1) is 0 Å². The molecule has 2 aliphatic rings. The lowest BCUT2D eigenvalue weighted by Gasteiger charge is -2.43.